The highest BCUT2D eigenvalue weighted by Crippen LogP contribution is 2.63. The number of nitriles is 1. The molecule has 0 spiro atoms. The number of ether oxygens (including phenoxy) is 1. The van der Waals surface area contributed by atoms with Gasteiger partial charge in [0.2, 0.25) is 0 Å². The van der Waals surface area contributed by atoms with Gasteiger partial charge in [-0.15, -0.1) is 0 Å². The molecule has 1 unspecified atom stereocenters. The minimum absolute atomic E-state index is 0.0592. The summed E-state index contributed by atoms with van der Waals surface area (Å²) in [6.07, 6.45) is 3.93. The van der Waals surface area contributed by atoms with E-state index in [4.69, 9.17) is 10.00 Å². The molecule has 0 N–H and O–H groups in total. The molecule has 15 heavy (non-hydrogen) atoms. The minimum Gasteiger partial charge on any atom is -0.376 e. The number of methoxy groups -OCH3 is 1. The van der Waals surface area contributed by atoms with Gasteiger partial charge < -0.3 is 4.74 Å². The average molecular weight is 225 g/mol. The lowest BCUT2D eigenvalue weighted by atomic mass is 9.66. The summed E-state index contributed by atoms with van der Waals surface area (Å²) in [5.41, 5.74) is 0.171. The molecule has 2 aliphatic rings. The van der Waals surface area contributed by atoms with Crippen LogP contribution in [0.25, 0.3) is 0 Å². The molecule has 0 aromatic carbocycles. The molecule has 0 aromatic rings. The number of nitrogens with zero attached hydrogens (tertiary/aromatic N) is 1. The molecule has 0 saturated heterocycles. The second-order valence-corrected chi connectivity index (χ2v) is 6.16. The third-order valence-corrected chi connectivity index (χ3v) is 5.62. The third kappa shape index (κ3) is 1.34. The zero-order valence-corrected chi connectivity index (χ0v) is 10.6. The van der Waals surface area contributed by atoms with Gasteiger partial charge in [0.1, 0.15) is 5.40 Å². The Labute approximate surface area is 96.4 Å². The van der Waals surface area contributed by atoms with Gasteiger partial charge in [-0.25, -0.2) is 0 Å². The molecule has 84 valence electrons. The van der Waals surface area contributed by atoms with Crippen LogP contribution in [0.15, 0.2) is 0 Å². The molecule has 0 amide bonds. The van der Waals surface area contributed by atoms with E-state index in [-0.39, 0.29) is 11.0 Å². The van der Waals surface area contributed by atoms with Crippen molar-refractivity contribution in [1.82, 2.24) is 0 Å². The van der Waals surface area contributed by atoms with Gasteiger partial charge in [0, 0.05) is 12.9 Å². The minimum atomic E-state index is -0.0592. The Hall–Kier alpha value is -0.200. The summed E-state index contributed by atoms with van der Waals surface area (Å²) in [5.74, 6) is 2.29. The van der Waals surface area contributed by atoms with Crippen LogP contribution in [-0.4, -0.2) is 18.5 Å². The van der Waals surface area contributed by atoms with Crippen molar-refractivity contribution in [2.24, 2.45) is 17.3 Å². The molecule has 2 nitrogen and oxygen atoms in total. The van der Waals surface area contributed by atoms with Gasteiger partial charge in [0.25, 0.3) is 0 Å². The zero-order valence-electron chi connectivity index (χ0n) is 9.75. The van der Waals surface area contributed by atoms with Crippen LogP contribution in [0.2, 0.25) is 0 Å². The van der Waals surface area contributed by atoms with Crippen molar-refractivity contribution in [3.63, 3.8) is 0 Å². The van der Waals surface area contributed by atoms with E-state index in [1.165, 1.54) is 31.0 Å². The smallest absolute Gasteiger partial charge is 0.133 e. The molecule has 0 aromatic heterocycles. The monoisotopic (exact) mass is 225 g/mol. The lowest BCUT2D eigenvalue weighted by Gasteiger charge is -2.48. The van der Waals surface area contributed by atoms with Gasteiger partial charge in [0.15, 0.2) is 0 Å². The first-order valence-electron chi connectivity index (χ1n) is 5.64. The van der Waals surface area contributed by atoms with E-state index in [9.17, 15) is 0 Å². The van der Waals surface area contributed by atoms with Crippen LogP contribution in [0.4, 0.5) is 0 Å². The number of thioether (sulfide) groups is 1. The Balaban J connectivity index is 2.27. The molecule has 0 heterocycles. The standard InChI is InChI=1S/C12H19NOS/c1-11(2)9-4-5-10(6-9)12(11,14-3)7-15-8-13/h9-10H,4-7H2,1-3H3/t9-,10+,12?/m1/s1. The fourth-order valence-electron chi connectivity index (χ4n) is 3.86. The number of fused-ring (bicyclic) bond motifs is 2. The number of rotatable bonds is 3. The summed E-state index contributed by atoms with van der Waals surface area (Å²) in [6.45, 7) is 4.64. The maximum absolute atomic E-state index is 8.73. The molecule has 3 atom stereocenters. The van der Waals surface area contributed by atoms with Gasteiger partial charge in [-0.3, -0.25) is 0 Å². The molecule has 2 bridgehead atoms. The molecule has 2 rings (SSSR count). The lowest BCUT2D eigenvalue weighted by Crippen LogP contribution is -2.52. The normalized spacial score (nSPS) is 41.7. The first kappa shape index (κ1) is 11.3. The van der Waals surface area contributed by atoms with E-state index < -0.39 is 0 Å². The molecule has 2 fully saturated rings. The van der Waals surface area contributed by atoms with Gasteiger partial charge in [-0.1, -0.05) is 13.8 Å². The summed E-state index contributed by atoms with van der Waals surface area (Å²) in [7, 11) is 1.82. The van der Waals surface area contributed by atoms with Crippen molar-refractivity contribution in [3.05, 3.63) is 0 Å². The first-order valence-corrected chi connectivity index (χ1v) is 6.63. The largest absolute Gasteiger partial charge is 0.376 e. The molecule has 0 radical (unpaired) electrons. The summed E-state index contributed by atoms with van der Waals surface area (Å²) >= 11 is 1.35. The summed E-state index contributed by atoms with van der Waals surface area (Å²) < 4.78 is 5.88. The Bertz CT molecular complexity index is 296. The summed E-state index contributed by atoms with van der Waals surface area (Å²) in [4.78, 5) is 0. The Morgan fingerprint density at radius 2 is 2.07 bits per heavy atom. The van der Waals surface area contributed by atoms with Crippen LogP contribution in [0.3, 0.4) is 0 Å². The number of thiocyanates is 1. The van der Waals surface area contributed by atoms with Gasteiger partial charge in [-0.05, 0) is 48.3 Å². The highest BCUT2D eigenvalue weighted by atomic mass is 32.2. The van der Waals surface area contributed by atoms with Crippen molar-refractivity contribution in [2.45, 2.75) is 38.7 Å². The van der Waals surface area contributed by atoms with E-state index >= 15 is 0 Å². The van der Waals surface area contributed by atoms with E-state index in [0.29, 0.717) is 5.92 Å². The van der Waals surface area contributed by atoms with Crippen LogP contribution in [0.5, 0.6) is 0 Å². The third-order valence-electron chi connectivity index (χ3n) is 4.92. The molecule has 0 aliphatic heterocycles. The van der Waals surface area contributed by atoms with Crippen molar-refractivity contribution in [1.29, 1.82) is 5.26 Å². The Kier molecular flexibility index (Phi) is 2.77. The van der Waals surface area contributed by atoms with Gasteiger partial charge in [-0.2, -0.15) is 5.26 Å². The fourth-order valence-corrected chi connectivity index (χ4v) is 4.87. The fraction of sp³-hybridized carbons (Fsp3) is 0.917. The quantitative estimate of drug-likeness (QED) is 0.692. The van der Waals surface area contributed by atoms with Crippen LogP contribution < -0.4 is 0 Å². The second-order valence-electron chi connectivity index (χ2n) is 5.40. The van der Waals surface area contributed by atoms with Crippen LogP contribution in [-0.2, 0) is 4.74 Å². The van der Waals surface area contributed by atoms with E-state index in [1.54, 1.807) is 0 Å². The SMILES string of the molecule is COC1(CSC#N)[C@H]2CC[C@H](C2)C1(C)C. The van der Waals surface area contributed by atoms with E-state index in [1.807, 2.05) is 7.11 Å². The van der Waals surface area contributed by atoms with Gasteiger partial charge in [0.05, 0.1) is 5.60 Å². The average Bonchev–Trinajstić information content (AvgIpc) is 2.75. The zero-order chi connectivity index (χ0) is 11.1. The highest BCUT2D eigenvalue weighted by Gasteiger charge is 2.63. The summed E-state index contributed by atoms with van der Waals surface area (Å²) in [5, 5.41) is 10.9. The Morgan fingerprint density at radius 3 is 2.53 bits per heavy atom. The van der Waals surface area contributed by atoms with Gasteiger partial charge >= 0.3 is 0 Å². The molecular weight excluding hydrogens is 206 g/mol. The molecule has 2 aliphatic carbocycles. The second kappa shape index (κ2) is 3.68. The lowest BCUT2D eigenvalue weighted by molar-refractivity contribution is -0.115. The maximum Gasteiger partial charge on any atom is 0.133 e. The van der Waals surface area contributed by atoms with E-state index in [0.717, 1.165) is 11.7 Å². The maximum atomic E-state index is 8.73. The van der Waals surface area contributed by atoms with Crippen molar-refractivity contribution >= 4 is 11.8 Å². The topological polar surface area (TPSA) is 33.0 Å². The molecule has 3 heteroatoms. The van der Waals surface area contributed by atoms with Crippen LogP contribution in [0.1, 0.15) is 33.1 Å². The molecular formula is C12H19NOS. The predicted molar refractivity (Wildman–Crippen MR) is 62.4 cm³/mol. The first-order chi connectivity index (χ1) is 7.08. The van der Waals surface area contributed by atoms with Crippen molar-refractivity contribution < 1.29 is 4.74 Å². The number of hydrogen-bond donors (Lipinski definition) is 0. The van der Waals surface area contributed by atoms with E-state index in [2.05, 4.69) is 19.2 Å². The Morgan fingerprint density at radius 1 is 1.40 bits per heavy atom. The van der Waals surface area contributed by atoms with Crippen LogP contribution in [0, 0.1) is 27.9 Å². The van der Waals surface area contributed by atoms with Crippen LogP contribution >= 0.6 is 11.8 Å². The predicted octanol–water partition coefficient (Wildman–Crippen LogP) is 3.04. The van der Waals surface area contributed by atoms with Crippen molar-refractivity contribution in [2.75, 3.05) is 12.9 Å². The van der Waals surface area contributed by atoms with Crippen molar-refractivity contribution in [3.8, 4) is 5.40 Å². The highest BCUT2D eigenvalue weighted by molar-refractivity contribution is 8.03. The number of hydrogen-bond acceptors (Lipinski definition) is 3. The molecule has 2 saturated carbocycles. The summed E-state index contributed by atoms with van der Waals surface area (Å²) in [6, 6.07) is 0.